The van der Waals surface area contributed by atoms with E-state index >= 15 is 0 Å². The molecule has 1 atom stereocenters. The molecule has 0 amide bonds. The van der Waals surface area contributed by atoms with Crippen LogP contribution in [-0.4, -0.2) is 36.3 Å². The minimum atomic E-state index is 0.285. The van der Waals surface area contributed by atoms with Gasteiger partial charge in [-0.15, -0.1) is 11.3 Å². The van der Waals surface area contributed by atoms with Crippen LogP contribution in [0.4, 0.5) is 5.13 Å². The van der Waals surface area contributed by atoms with Crippen LogP contribution in [0.25, 0.3) is 0 Å². The summed E-state index contributed by atoms with van der Waals surface area (Å²) in [6.07, 6.45) is 3.97. The summed E-state index contributed by atoms with van der Waals surface area (Å²) in [7, 11) is 0. The Morgan fingerprint density at radius 1 is 1.37 bits per heavy atom. The molecule has 5 heteroatoms. The minimum Gasteiger partial charge on any atom is -0.396 e. The van der Waals surface area contributed by atoms with E-state index < -0.39 is 0 Å². The van der Waals surface area contributed by atoms with Crippen molar-refractivity contribution in [3.8, 4) is 0 Å². The lowest BCUT2D eigenvalue weighted by atomic mass is 10.0. The van der Waals surface area contributed by atoms with Crippen molar-refractivity contribution in [2.45, 2.75) is 40.2 Å². The Morgan fingerprint density at radius 2 is 2.11 bits per heavy atom. The normalized spacial score (nSPS) is 12.6. The Kier molecular flexibility index (Phi) is 8.02. The molecule has 0 aliphatic heterocycles. The number of nitrogens with one attached hydrogen (secondary N) is 1. The van der Waals surface area contributed by atoms with E-state index in [0.717, 1.165) is 44.2 Å². The molecule has 1 unspecified atom stereocenters. The number of aliphatic hydroxyl groups excluding tert-OH is 1. The molecule has 0 saturated carbocycles. The topological polar surface area (TPSA) is 48.4 Å². The number of aromatic nitrogens is 1. The summed E-state index contributed by atoms with van der Waals surface area (Å²) in [5.74, 6) is 0.570. The van der Waals surface area contributed by atoms with E-state index in [4.69, 9.17) is 5.11 Å². The highest BCUT2D eigenvalue weighted by Crippen LogP contribution is 2.22. The number of nitrogens with zero attached hydrogens (tertiary/aromatic N) is 2. The van der Waals surface area contributed by atoms with Gasteiger partial charge in [0, 0.05) is 37.3 Å². The van der Waals surface area contributed by atoms with Gasteiger partial charge < -0.3 is 15.3 Å². The lowest BCUT2D eigenvalue weighted by Gasteiger charge is -2.16. The SMILES string of the molecule is CCC(CCO)CNCc1cnc(N(CC)CC)s1. The number of anilines is 1. The molecule has 1 aromatic heterocycles. The molecule has 1 heterocycles. The molecule has 2 N–H and O–H groups in total. The summed E-state index contributed by atoms with van der Waals surface area (Å²) in [4.78, 5) is 8.03. The molecule has 4 nitrogen and oxygen atoms in total. The number of thiazole rings is 1. The van der Waals surface area contributed by atoms with Crippen LogP contribution in [0.3, 0.4) is 0 Å². The van der Waals surface area contributed by atoms with Gasteiger partial charge in [-0.25, -0.2) is 4.98 Å². The van der Waals surface area contributed by atoms with Gasteiger partial charge in [0.2, 0.25) is 0 Å². The van der Waals surface area contributed by atoms with Crippen LogP contribution >= 0.6 is 11.3 Å². The molecule has 1 aromatic rings. The first kappa shape index (κ1) is 16.4. The van der Waals surface area contributed by atoms with E-state index in [2.05, 4.69) is 36.0 Å². The van der Waals surface area contributed by atoms with Gasteiger partial charge in [-0.1, -0.05) is 13.3 Å². The molecule has 0 aromatic carbocycles. The fraction of sp³-hybridized carbons (Fsp3) is 0.786. The third-order valence-electron chi connectivity index (χ3n) is 3.42. The maximum absolute atomic E-state index is 8.96. The second kappa shape index (κ2) is 9.28. The van der Waals surface area contributed by atoms with Gasteiger partial charge in [-0.2, -0.15) is 0 Å². The summed E-state index contributed by atoms with van der Waals surface area (Å²) in [5.41, 5.74) is 0. The maximum Gasteiger partial charge on any atom is 0.185 e. The van der Waals surface area contributed by atoms with Gasteiger partial charge in [0.1, 0.15) is 0 Å². The van der Waals surface area contributed by atoms with Gasteiger partial charge >= 0.3 is 0 Å². The van der Waals surface area contributed by atoms with Crippen molar-refractivity contribution in [2.75, 3.05) is 31.1 Å². The highest BCUT2D eigenvalue weighted by molar-refractivity contribution is 7.15. The van der Waals surface area contributed by atoms with Crippen molar-refractivity contribution < 1.29 is 5.11 Å². The zero-order valence-electron chi connectivity index (χ0n) is 12.4. The predicted molar refractivity (Wildman–Crippen MR) is 82.9 cm³/mol. The average molecular weight is 285 g/mol. The van der Waals surface area contributed by atoms with Gasteiger partial charge in [0.25, 0.3) is 0 Å². The van der Waals surface area contributed by atoms with Crippen molar-refractivity contribution in [2.24, 2.45) is 5.92 Å². The van der Waals surface area contributed by atoms with Crippen LogP contribution in [0.1, 0.15) is 38.5 Å². The van der Waals surface area contributed by atoms with E-state index in [-0.39, 0.29) is 6.61 Å². The Labute approximate surface area is 120 Å². The minimum absolute atomic E-state index is 0.285. The number of hydrogen-bond acceptors (Lipinski definition) is 5. The molecule has 19 heavy (non-hydrogen) atoms. The van der Waals surface area contributed by atoms with Crippen LogP contribution in [0.5, 0.6) is 0 Å². The molecule has 0 spiro atoms. The zero-order valence-corrected chi connectivity index (χ0v) is 13.2. The van der Waals surface area contributed by atoms with Crippen LogP contribution < -0.4 is 10.2 Å². The predicted octanol–water partition coefficient (Wildman–Crippen LogP) is 2.49. The van der Waals surface area contributed by atoms with E-state index in [9.17, 15) is 0 Å². The number of rotatable bonds is 10. The standard InChI is InChI=1S/C14H27N3OS/c1-4-12(7-8-18)9-15-10-13-11-16-14(19-13)17(5-2)6-3/h11-12,15,18H,4-10H2,1-3H3. The van der Waals surface area contributed by atoms with Crippen molar-refractivity contribution in [3.05, 3.63) is 11.1 Å². The number of hydrogen-bond donors (Lipinski definition) is 2. The molecular formula is C14H27N3OS. The Hall–Kier alpha value is -0.650. The fourth-order valence-electron chi connectivity index (χ4n) is 2.05. The monoisotopic (exact) mass is 285 g/mol. The first-order valence-electron chi connectivity index (χ1n) is 7.26. The summed E-state index contributed by atoms with van der Waals surface area (Å²) >= 11 is 1.77. The van der Waals surface area contributed by atoms with Gasteiger partial charge in [-0.3, -0.25) is 0 Å². The first-order chi connectivity index (χ1) is 9.24. The first-order valence-corrected chi connectivity index (χ1v) is 8.07. The Morgan fingerprint density at radius 3 is 2.68 bits per heavy atom. The van der Waals surface area contributed by atoms with Crippen molar-refractivity contribution >= 4 is 16.5 Å². The quantitative estimate of drug-likeness (QED) is 0.693. The largest absolute Gasteiger partial charge is 0.396 e. The average Bonchev–Trinajstić information content (AvgIpc) is 2.88. The molecule has 0 radical (unpaired) electrons. The van der Waals surface area contributed by atoms with Crippen LogP contribution in [0, 0.1) is 5.92 Å². The third-order valence-corrected chi connectivity index (χ3v) is 4.48. The van der Waals surface area contributed by atoms with E-state index in [1.54, 1.807) is 11.3 Å². The second-order valence-corrected chi connectivity index (χ2v) is 5.79. The number of aliphatic hydroxyl groups is 1. The van der Waals surface area contributed by atoms with Gasteiger partial charge in [0.15, 0.2) is 5.13 Å². The summed E-state index contributed by atoms with van der Waals surface area (Å²) in [6.45, 7) is 10.6. The summed E-state index contributed by atoms with van der Waals surface area (Å²) in [5, 5.41) is 13.5. The molecule has 0 fully saturated rings. The molecule has 0 aliphatic rings. The van der Waals surface area contributed by atoms with E-state index in [1.165, 1.54) is 4.88 Å². The molecule has 1 rings (SSSR count). The van der Waals surface area contributed by atoms with Crippen molar-refractivity contribution in [3.63, 3.8) is 0 Å². The summed E-state index contributed by atoms with van der Waals surface area (Å²) < 4.78 is 0. The summed E-state index contributed by atoms with van der Waals surface area (Å²) in [6, 6.07) is 0. The fourth-order valence-corrected chi connectivity index (χ4v) is 3.06. The lowest BCUT2D eigenvalue weighted by molar-refractivity contribution is 0.251. The Balaban J connectivity index is 2.37. The van der Waals surface area contributed by atoms with Crippen molar-refractivity contribution in [1.82, 2.24) is 10.3 Å². The molecule has 0 saturated heterocycles. The van der Waals surface area contributed by atoms with E-state index in [0.29, 0.717) is 5.92 Å². The highest BCUT2D eigenvalue weighted by Gasteiger charge is 2.09. The zero-order chi connectivity index (χ0) is 14.1. The second-order valence-electron chi connectivity index (χ2n) is 4.70. The lowest BCUT2D eigenvalue weighted by Crippen LogP contribution is -2.22. The molecule has 110 valence electrons. The highest BCUT2D eigenvalue weighted by atomic mass is 32.1. The molecular weight excluding hydrogens is 258 g/mol. The third kappa shape index (κ3) is 5.47. The van der Waals surface area contributed by atoms with Gasteiger partial charge in [0.05, 0.1) is 0 Å². The smallest absolute Gasteiger partial charge is 0.185 e. The van der Waals surface area contributed by atoms with E-state index in [1.807, 2.05) is 6.20 Å². The molecule has 0 aliphatic carbocycles. The van der Waals surface area contributed by atoms with Crippen LogP contribution in [0.15, 0.2) is 6.20 Å². The van der Waals surface area contributed by atoms with Gasteiger partial charge in [-0.05, 0) is 32.7 Å². The van der Waals surface area contributed by atoms with Crippen LogP contribution in [0.2, 0.25) is 0 Å². The van der Waals surface area contributed by atoms with Crippen LogP contribution in [-0.2, 0) is 6.54 Å². The Bertz CT molecular complexity index is 339. The maximum atomic E-state index is 8.96. The molecule has 0 bridgehead atoms. The van der Waals surface area contributed by atoms with Crippen molar-refractivity contribution in [1.29, 1.82) is 0 Å².